The molecule has 21 heavy (non-hydrogen) atoms. The molecule has 7 heteroatoms. The lowest BCUT2D eigenvalue weighted by Gasteiger charge is -2.14. The van der Waals surface area contributed by atoms with E-state index in [0.29, 0.717) is 11.4 Å². The molecule has 0 aliphatic carbocycles. The standard InChI is InChI=1S/C14H14FN3O3/c1-9-6-10(18(20)21)7-16-14(9)17-8-13(19)11-4-2-3-5-12(11)15/h2-7,13,19H,8H2,1H3,(H,16,17). The summed E-state index contributed by atoms with van der Waals surface area (Å²) >= 11 is 0. The SMILES string of the molecule is Cc1cc([N+](=O)[O-])cnc1NCC(O)c1ccccc1F. The number of aromatic nitrogens is 1. The predicted molar refractivity (Wildman–Crippen MR) is 75.5 cm³/mol. The third-order valence-electron chi connectivity index (χ3n) is 3.00. The van der Waals surface area contributed by atoms with Gasteiger partial charge in [-0.05, 0) is 18.6 Å². The smallest absolute Gasteiger partial charge is 0.287 e. The molecule has 1 aromatic heterocycles. The van der Waals surface area contributed by atoms with Gasteiger partial charge in [0.25, 0.3) is 5.69 Å². The molecular weight excluding hydrogens is 277 g/mol. The summed E-state index contributed by atoms with van der Waals surface area (Å²) < 4.78 is 13.5. The number of aliphatic hydroxyl groups excluding tert-OH is 1. The number of hydrogen-bond donors (Lipinski definition) is 2. The Morgan fingerprint density at radius 3 is 2.81 bits per heavy atom. The highest BCUT2D eigenvalue weighted by Crippen LogP contribution is 2.20. The third kappa shape index (κ3) is 3.51. The monoisotopic (exact) mass is 291 g/mol. The Balaban J connectivity index is 2.06. The predicted octanol–water partition coefficient (Wildman–Crippen LogP) is 2.58. The van der Waals surface area contributed by atoms with E-state index in [9.17, 15) is 19.6 Å². The van der Waals surface area contributed by atoms with E-state index >= 15 is 0 Å². The van der Waals surface area contributed by atoms with Gasteiger partial charge in [-0.2, -0.15) is 0 Å². The lowest BCUT2D eigenvalue weighted by molar-refractivity contribution is -0.385. The van der Waals surface area contributed by atoms with Gasteiger partial charge in [0, 0.05) is 18.2 Å². The normalized spacial score (nSPS) is 12.0. The minimum absolute atomic E-state index is 0.0482. The van der Waals surface area contributed by atoms with Crippen molar-refractivity contribution in [2.75, 3.05) is 11.9 Å². The Hall–Kier alpha value is -2.54. The van der Waals surface area contributed by atoms with Gasteiger partial charge in [0.1, 0.15) is 17.8 Å². The zero-order chi connectivity index (χ0) is 15.4. The minimum atomic E-state index is -1.04. The van der Waals surface area contributed by atoms with E-state index in [4.69, 9.17) is 0 Å². The molecule has 2 rings (SSSR count). The molecule has 1 atom stereocenters. The number of aliphatic hydroxyl groups is 1. The van der Waals surface area contributed by atoms with Crippen LogP contribution in [0.25, 0.3) is 0 Å². The first kappa shape index (κ1) is 14.9. The second kappa shape index (κ2) is 6.27. The van der Waals surface area contributed by atoms with Crippen LogP contribution in [0.15, 0.2) is 36.5 Å². The molecule has 0 aliphatic rings. The van der Waals surface area contributed by atoms with Gasteiger partial charge >= 0.3 is 0 Å². The summed E-state index contributed by atoms with van der Waals surface area (Å²) in [5, 5.41) is 23.4. The molecule has 0 bridgehead atoms. The maximum absolute atomic E-state index is 13.5. The number of benzene rings is 1. The average Bonchev–Trinajstić information content (AvgIpc) is 2.46. The molecule has 1 aromatic carbocycles. The van der Waals surface area contributed by atoms with Gasteiger partial charge in [0.05, 0.1) is 11.0 Å². The molecule has 0 aliphatic heterocycles. The number of pyridine rings is 1. The van der Waals surface area contributed by atoms with Gasteiger partial charge in [-0.3, -0.25) is 10.1 Å². The number of nitrogens with zero attached hydrogens (tertiary/aromatic N) is 2. The highest BCUT2D eigenvalue weighted by Gasteiger charge is 2.14. The zero-order valence-corrected chi connectivity index (χ0v) is 11.3. The molecule has 0 saturated heterocycles. The second-order valence-corrected chi connectivity index (χ2v) is 4.53. The number of nitrogens with one attached hydrogen (secondary N) is 1. The summed E-state index contributed by atoms with van der Waals surface area (Å²) in [4.78, 5) is 14.0. The number of nitro groups is 1. The molecule has 6 nitrogen and oxygen atoms in total. The molecule has 1 heterocycles. The van der Waals surface area contributed by atoms with E-state index in [1.165, 1.54) is 18.2 Å². The maximum Gasteiger partial charge on any atom is 0.287 e. The molecule has 2 N–H and O–H groups in total. The topological polar surface area (TPSA) is 88.3 Å². The summed E-state index contributed by atoms with van der Waals surface area (Å²) in [5.74, 6) is -0.0730. The van der Waals surface area contributed by atoms with Crippen LogP contribution in [0, 0.1) is 22.9 Å². The largest absolute Gasteiger partial charge is 0.386 e. The van der Waals surface area contributed by atoms with Gasteiger partial charge in [-0.1, -0.05) is 18.2 Å². The Morgan fingerprint density at radius 2 is 2.19 bits per heavy atom. The van der Waals surface area contributed by atoms with Crippen molar-refractivity contribution in [3.8, 4) is 0 Å². The van der Waals surface area contributed by atoms with Gasteiger partial charge in [-0.25, -0.2) is 9.37 Å². The molecule has 0 spiro atoms. The van der Waals surface area contributed by atoms with Crippen LogP contribution in [0.3, 0.4) is 0 Å². The lowest BCUT2D eigenvalue weighted by Crippen LogP contribution is -2.15. The van der Waals surface area contributed by atoms with Gasteiger partial charge in [-0.15, -0.1) is 0 Å². The Labute approximate surface area is 120 Å². The quantitative estimate of drug-likeness (QED) is 0.653. The number of rotatable bonds is 5. The van der Waals surface area contributed by atoms with Crippen LogP contribution in [0.1, 0.15) is 17.2 Å². The summed E-state index contributed by atoms with van der Waals surface area (Å²) in [5.41, 5.74) is 0.655. The minimum Gasteiger partial charge on any atom is -0.386 e. The molecule has 110 valence electrons. The van der Waals surface area contributed by atoms with Crippen molar-refractivity contribution < 1.29 is 14.4 Å². The first-order chi connectivity index (χ1) is 9.99. The second-order valence-electron chi connectivity index (χ2n) is 4.53. The lowest BCUT2D eigenvalue weighted by atomic mass is 10.1. The van der Waals surface area contributed by atoms with Crippen LogP contribution in [0.4, 0.5) is 15.9 Å². The first-order valence-electron chi connectivity index (χ1n) is 6.26. The summed E-state index contributed by atoms with van der Waals surface area (Å²) in [6, 6.07) is 7.33. The fourth-order valence-electron chi connectivity index (χ4n) is 1.89. The van der Waals surface area contributed by atoms with Crippen molar-refractivity contribution in [1.29, 1.82) is 0 Å². The van der Waals surface area contributed by atoms with Gasteiger partial charge < -0.3 is 10.4 Å². The van der Waals surface area contributed by atoms with Crippen LogP contribution >= 0.6 is 0 Å². The van der Waals surface area contributed by atoms with Crippen molar-refractivity contribution in [2.24, 2.45) is 0 Å². The molecule has 2 aromatic rings. The number of halogens is 1. The average molecular weight is 291 g/mol. The van der Waals surface area contributed by atoms with Crippen molar-refractivity contribution in [3.05, 3.63) is 63.6 Å². The van der Waals surface area contributed by atoms with Crippen molar-refractivity contribution >= 4 is 11.5 Å². The van der Waals surface area contributed by atoms with Crippen LogP contribution < -0.4 is 5.32 Å². The van der Waals surface area contributed by atoms with E-state index < -0.39 is 16.8 Å². The summed E-state index contributed by atoms with van der Waals surface area (Å²) in [6.07, 6.45) is 0.0905. The molecular formula is C14H14FN3O3. The molecule has 1 unspecified atom stereocenters. The Morgan fingerprint density at radius 1 is 1.48 bits per heavy atom. The van der Waals surface area contributed by atoms with E-state index in [2.05, 4.69) is 10.3 Å². The fraction of sp³-hybridized carbons (Fsp3) is 0.214. The van der Waals surface area contributed by atoms with Gasteiger partial charge in [0.15, 0.2) is 0 Å². The molecule has 0 saturated carbocycles. The number of aryl methyl sites for hydroxylation is 1. The van der Waals surface area contributed by atoms with Crippen molar-refractivity contribution in [2.45, 2.75) is 13.0 Å². The fourth-order valence-corrected chi connectivity index (χ4v) is 1.89. The van der Waals surface area contributed by atoms with Crippen LogP contribution in [0.5, 0.6) is 0 Å². The number of anilines is 1. The van der Waals surface area contributed by atoms with Crippen LogP contribution in [-0.2, 0) is 0 Å². The van der Waals surface area contributed by atoms with E-state index in [0.717, 1.165) is 6.20 Å². The highest BCUT2D eigenvalue weighted by molar-refractivity contribution is 5.48. The molecule has 0 fully saturated rings. The van der Waals surface area contributed by atoms with Crippen LogP contribution in [-0.4, -0.2) is 21.6 Å². The van der Waals surface area contributed by atoms with Crippen LogP contribution in [0.2, 0.25) is 0 Å². The molecule has 0 amide bonds. The maximum atomic E-state index is 13.5. The Bertz CT molecular complexity index is 664. The van der Waals surface area contributed by atoms with E-state index in [1.807, 2.05) is 0 Å². The Kier molecular flexibility index (Phi) is 4.44. The molecule has 0 radical (unpaired) electrons. The first-order valence-corrected chi connectivity index (χ1v) is 6.26. The number of hydrogen-bond acceptors (Lipinski definition) is 5. The van der Waals surface area contributed by atoms with Gasteiger partial charge in [0.2, 0.25) is 0 Å². The zero-order valence-electron chi connectivity index (χ0n) is 11.3. The van der Waals surface area contributed by atoms with E-state index in [-0.39, 0.29) is 17.8 Å². The summed E-state index contributed by atoms with van der Waals surface area (Å²) in [6.45, 7) is 1.71. The van der Waals surface area contributed by atoms with E-state index in [1.54, 1.807) is 19.1 Å². The highest BCUT2D eigenvalue weighted by atomic mass is 19.1. The summed E-state index contributed by atoms with van der Waals surface area (Å²) in [7, 11) is 0. The van der Waals surface area contributed by atoms with Crippen molar-refractivity contribution in [3.63, 3.8) is 0 Å². The third-order valence-corrected chi connectivity index (χ3v) is 3.00. The van der Waals surface area contributed by atoms with Crippen molar-refractivity contribution in [1.82, 2.24) is 4.98 Å².